The topological polar surface area (TPSA) is 55.4 Å². The van der Waals surface area contributed by atoms with Crippen molar-refractivity contribution in [3.8, 4) is 0 Å². The van der Waals surface area contributed by atoms with E-state index in [1.807, 2.05) is 20.8 Å². The number of hydrogen-bond donors (Lipinski definition) is 1. The monoisotopic (exact) mass is 545 g/mol. The molecule has 36 heavy (non-hydrogen) atoms. The molecule has 4 atom stereocenters. The van der Waals surface area contributed by atoms with Gasteiger partial charge in [0.05, 0.1) is 28.5 Å². The molecule has 1 N–H and O–H groups in total. The summed E-state index contributed by atoms with van der Waals surface area (Å²) in [5.74, 6) is -5.09. The summed E-state index contributed by atoms with van der Waals surface area (Å²) in [4.78, 5) is 26.0. The zero-order chi connectivity index (χ0) is 26.8. The molecule has 0 aromatic heterocycles. The summed E-state index contributed by atoms with van der Waals surface area (Å²) < 4.78 is 46.6. The fourth-order valence-corrected chi connectivity index (χ4v) is 4.78. The van der Waals surface area contributed by atoms with E-state index in [1.54, 1.807) is 30.4 Å². The van der Waals surface area contributed by atoms with Crippen molar-refractivity contribution in [1.29, 1.82) is 0 Å². The number of benzene rings is 1. The molecule has 1 saturated carbocycles. The van der Waals surface area contributed by atoms with Crippen LogP contribution in [0.3, 0.4) is 0 Å². The van der Waals surface area contributed by atoms with Gasteiger partial charge < -0.3 is 10.1 Å². The Morgan fingerprint density at radius 2 is 1.83 bits per heavy atom. The normalized spacial score (nSPS) is 20.8. The van der Waals surface area contributed by atoms with Crippen LogP contribution in [0, 0.1) is 29.6 Å². The van der Waals surface area contributed by atoms with E-state index < -0.39 is 35.4 Å². The second-order valence-corrected chi connectivity index (χ2v) is 11.5. The van der Waals surface area contributed by atoms with Crippen molar-refractivity contribution in [3.63, 3.8) is 0 Å². The highest BCUT2D eigenvalue weighted by molar-refractivity contribution is 6.33. The van der Waals surface area contributed by atoms with Gasteiger partial charge in [-0.05, 0) is 82.1 Å². The van der Waals surface area contributed by atoms with Crippen molar-refractivity contribution < 1.29 is 27.5 Å². The van der Waals surface area contributed by atoms with Gasteiger partial charge >= 0.3 is 12.1 Å². The first-order valence-corrected chi connectivity index (χ1v) is 12.8. The van der Waals surface area contributed by atoms with E-state index in [1.165, 1.54) is 6.08 Å². The Labute approximate surface area is 220 Å². The van der Waals surface area contributed by atoms with Crippen LogP contribution in [0.25, 0.3) is 0 Å². The predicted octanol–water partition coefficient (Wildman–Crippen LogP) is 7.70. The van der Waals surface area contributed by atoms with Crippen molar-refractivity contribution in [2.45, 2.75) is 65.2 Å². The van der Waals surface area contributed by atoms with E-state index in [2.05, 4.69) is 5.32 Å². The Morgan fingerprint density at radius 3 is 2.36 bits per heavy atom. The average Bonchev–Trinajstić information content (AvgIpc) is 3.59. The van der Waals surface area contributed by atoms with Crippen molar-refractivity contribution in [2.24, 2.45) is 29.6 Å². The smallest absolute Gasteiger partial charge is 0.392 e. The number of carbonyl (C=O) groups excluding carboxylic acids is 2. The molecule has 2 aliphatic carbocycles. The van der Waals surface area contributed by atoms with Gasteiger partial charge in [0.1, 0.15) is 5.60 Å². The van der Waals surface area contributed by atoms with Crippen molar-refractivity contribution >= 4 is 40.8 Å². The summed E-state index contributed by atoms with van der Waals surface area (Å²) in [6, 6.07) is 4.96. The molecule has 0 spiro atoms. The number of halogens is 5. The number of nitrogens with one attached hydrogen (secondary N) is 1. The Balaban J connectivity index is 1.81. The number of hydrogen-bond acceptors (Lipinski definition) is 3. The van der Waals surface area contributed by atoms with Gasteiger partial charge in [0.25, 0.3) is 0 Å². The SMILES string of the molecule is C[C@H]([C@H](C(=O)Nc1cc(CC(C(=O)OC(C)(C)C)C2CC2)ccc1Cl)C1C=CC(Cl)=CC1)C(F)(F)F. The van der Waals surface area contributed by atoms with Gasteiger partial charge in [-0.15, -0.1) is 0 Å². The second-order valence-electron chi connectivity index (χ2n) is 10.7. The molecule has 9 heteroatoms. The van der Waals surface area contributed by atoms with Gasteiger partial charge in [-0.1, -0.05) is 48.3 Å². The molecule has 0 radical (unpaired) electrons. The molecule has 198 valence electrons. The van der Waals surface area contributed by atoms with E-state index in [0.29, 0.717) is 11.5 Å². The van der Waals surface area contributed by atoms with Gasteiger partial charge in [0, 0.05) is 5.03 Å². The number of amides is 1. The molecule has 1 aromatic rings. The minimum atomic E-state index is -4.56. The number of alkyl halides is 3. The fraction of sp³-hybridized carbons (Fsp3) is 0.556. The van der Waals surface area contributed by atoms with Crippen LogP contribution < -0.4 is 5.32 Å². The molecule has 1 fully saturated rings. The number of rotatable bonds is 8. The molecule has 0 aliphatic heterocycles. The largest absolute Gasteiger partial charge is 0.460 e. The summed E-state index contributed by atoms with van der Waals surface area (Å²) in [5, 5.41) is 3.25. The van der Waals surface area contributed by atoms with Crippen LogP contribution in [0.5, 0.6) is 0 Å². The molecular weight excluding hydrogens is 514 g/mol. The summed E-state index contributed by atoms with van der Waals surface area (Å²) >= 11 is 12.2. The van der Waals surface area contributed by atoms with Crippen molar-refractivity contribution in [3.05, 3.63) is 52.0 Å². The van der Waals surface area contributed by atoms with Gasteiger partial charge in [0.2, 0.25) is 5.91 Å². The molecule has 0 heterocycles. The molecular formula is C27H32Cl2F3NO3. The van der Waals surface area contributed by atoms with Crippen LogP contribution in [-0.4, -0.2) is 23.7 Å². The first-order chi connectivity index (χ1) is 16.7. The lowest BCUT2D eigenvalue weighted by Crippen LogP contribution is -2.40. The first-order valence-electron chi connectivity index (χ1n) is 12.1. The number of allylic oxidation sites excluding steroid dienone is 4. The lowest BCUT2D eigenvalue weighted by atomic mass is 9.78. The standard InChI is InChI=1S/C27H32Cl2F3NO3/c1-15(27(30,31)32)23(18-8-10-19(28)11-9-18)24(34)33-22-14-16(5-12-21(22)29)13-20(17-6-7-17)25(35)36-26(2,3)4/h5,8,10-12,14-15,17-18,20,23H,6-7,9,13H2,1-4H3,(H,33,34)/t15-,18?,20?,23+/m1/s1. The van der Waals surface area contributed by atoms with Crippen molar-refractivity contribution in [2.75, 3.05) is 5.32 Å². The zero-order valence-corrected chi connectivity index (χ0v) is 22.3. The Bertz CT molecular complexity index is 1040. The number of anilines is 1. The first kappa shape index (κ1) is 28.6. The summed E-state index contributed by atoms with van der Waals surface area (Å²) in [6.07, 6.45) is 2.60. The maximum Gasteiger partial charge on any atom is 0.392 e. The lowest BCUT2D eigenvalue weighted by Gasteiger charge is -2.31. The highest BCUT2D eigenvalue weighted by Crippen LogP contribution is 2.41. The van der Waals surface area contributed by atoms with E-state index in [-0.39, 0.29) is 34.9 Å². The van der Waals surface area contributed by atoms with E-state index in [4.69, 9.17) is 27.9 Å². The lowest BCUT2D eigenvalue weighted by molar-refractivity contribution is -0.188. The number of ether oxygens (including phenoxy) is 1. The van der Waals surface area contributed by atoms with Gasteiger partial charge in [0.15, 0.2) is 0 Å². The summed E-state index contributed by atoms with van der Waals surface area (Å²) in [5.41, 5.74) is 0.344. The molecule has 0 bridgehead atoms. The Hall–Kier alpha value is -1.99. The minimum absolute atomic E-state index is 0.202. The van der Waals surface area contributed by atoms with Gasteiger partial charge in [-0.25, -0.2) is 0 Å². The molecule has 1 aromatic carbocycles. The summed E-state index contributed by atoms with van der Waals surface area (Å²) in [7, 11) is 0. The predicted molar refractivity (Wildman–Crippen MR) is 136 cm³/mol. The second kappa shape index (κ2) is 11.2. The fourth-order valence-electron chi connectivity index (χ4n) is 4.46. The maximum atomic E-state index is 13.7. The van der Waals surface area contributed by atoms with Crippen LogP contribution in [0.4, 0.5) is 18.9 Å². The quantitative estimate of drug-likeness (QED) is 0.340. The maximum absolute atomic E-state index is 13.7. The molecule has 3 rings (SSSR count). The van der Waals surface area contributed by atoms with Crippen LogP contribution in [0.15, 0.2) is 41.5 Å². The Kier molecular flexibility index (Phi) is 8.87. The minimum Gasteiger partial charge on any atom is -0.460 e. The van der Waals surface area contributed by atoms with Crippen LogP contribution >= 0.6 is 23.2 Å². The number of esters is 1. The molecule has 1 amide bonds. The Morgan fingerprint density at radius 1 is 1.17 bits per heavy atom. The molecule has 2 aliphatic rings. The van der Waals surface area contributed by atoms with Crippen molar-refractivity contribution in [1.82, 2.24) is 0 Å². The van der Waals surface area contributed by atoms with Crippen LogP contribution in [0.2, 0.25) is 5.02 Å². The van der Waals surface area contributed by atoms with Gasteiger partial charge in [-0.2, -0.15) is 13.2 Å². The van der Waals surface area contributed by atoms with E-state index in [9.17, 15) is 22.8 Å². The molecule has 2 unspecified atom stereocenters. The van der Waals surface area contributed by atoms with E-state index in [0.717, 1.165) is 25.3 Å². The highest BCUT2D eigenvalue weighted by Gasteiger charge is 2.47. The third-order valence-electron chi connectivity index (χ3n) is 6.55. The third kappa shape index (κ3) is 7.75. The van der Waals surface area contributed by atoms with Crippen LogP contribution in [0.1, 0.15) is 52.5 Å². The zero-order valence-electron chi connectivity index (χ0n) is 20.8. The van der Waals surface area contributed by atoms with E-state index >= 15 is 0 Å². The molecule has 0 saturated heterocycles. The summed E-state index contributed by atoms with van der Waals surface area (Å²) in [6.45, 7) is 6.45. The van der Waals surface area contributed by atoms with Crippen LogP contribution in [-0.2, 0) is 20.7 Å². The average molecular weight is 546 g/mol. The third-order valence-corrected chi connectivity index (χ3v) is 7.16. The molecule has 4 nitrogen and oxygen atoms in total. The highest BCUT2D eigenvalue weighted by atomic mass is 35.5. The van der Waals surface area contributed by atoms with Gasteiger partial charge in [-0.3, -0.25) is 9.59 Å². The number of carbonyl (C=O) groups is 2.